The zero-order valence-electron chi connectivity index (χ0n) is 10.1. The second-order valence-electron chi connectivity index (χ2n) is 5.00. The van der Waals surface area contributed by atoms with Crippen LogP contribution in [0.15, 0.2) is 24.3 Å². The number of benzene rings is 1. The Hall–Kier alpha value is -1.62. The Kier molecular flexibility index (Phi) is 2.70. The van der Waals surface area contributed by atoms with Crippen LogP contribution in [-0.2, 0) is 0 Å². The average Bonchev–Trinajstić information content (AvgIpc) is 2.68. The van der Waals surface area contributed by atoms with E-state index in [9.17, 15) is 9.18 Å². The van der Waals surface area contributed by atoms with Gasteiger partial charge in [0.2, 0.25) is 0 Å². The summed E-state index contributed by atoms with van der Waals surface area (Å²) in [6.07, 6.45) is 5.33. The minimum absolute atomic E-state index is 0.163. The van der Waals surface area contributed by atoms with Crippen LogP contribution in [-0.4, -0.2) is 11.7 Å². The second kappa shape index (κ2) is 4.24. The van der Waals surface area contributed by atoms with E-state index in [1.807, 2.05) is 0 Å². The zero-order chi connectivity index (χ0) is 12.6. The number of amides is 2. The first-order chi connectivity index (χ1) is 8.69. The maximum Gasteiger partial charge on any atom is 0.338 e. The highest BCUT2D eigenvalue weighted by molar-refractivity contribution is 5.93. The molecular formula is C13H16FN3O. The van der Waals surface area contributed by atoms with E-state index >= 15 is 0 Å². The predicted octanol–water partition coefficient (Wildman–Crippen LogP) is 2.52. The van der Waals surface area contributed by atoms with Gasteiger partial charge in [0.25, 0.3) is 0 Å². The highest BCUT2D eigenvalue weighted by Crippen LogP contribution is 2.30. The number of carbonyl (C=O) groups is 1. The van der Waals surface area contributed by atoms with Crippen LogP contribution >= 0.6 is 0 Å². The molecule has 2 N–H and O–H groups in total. The van der Waals surface area contributed by atoms with E-state index in [4.69, 9.17) is 0 Å². The van der Waals surface area contributed by atoms with Crippen molar-refractivity contribution in [1.29, 1.82) is 0 Å². The van der Waals surface area contributed by atoms with Gasteiger partial charge in [-0.15, -0.1) is 0 Å². The lowest BCUT2D eigenvalue weighted by Crippen LogP contribution is -2.52. The first-order valence-electron chi connectivity index (χ1n) is 6.34. The van der Waals surface area contributed by atoms with E-state index in [0.717, 1.165) is 25.7 Å². The number of nitrogens with zero attached hydrogens (tertiary/aromatic N) is 1. The normalized spacial score (nSPS) is 22.3. The number of nitrogens with one attached hydrogen (secondary N) is 2. The van der Waals surface area contributed by atoms with Gasteiger partial charge in [-0.25, -0.2) is 19.6 Å². The predicted molar refractivity (Wildman–Crippen MR) is 66.4 cm³/mol. The molecule has 3 rings (SSSR count). The SMILES string of the molecule is O=C1NC2(CCCCC2)NN1c1ccc(F)cc1. The molecule has 1 aromatic carbocycles. The summed E-state index contributed by atoms with van der Waals surface area (Å²) in [6.45, 7) is 0. The van der Waals surface area contributed by atoms with Crippen LogP contribution in [0.25, 0.3) is 0 Å². The van der Waals surface area contributed by atoms with Crippen molar-refractivity contribution in [2.24, 2.45) is 0 Å². The Labute approximate surface area is 105 Å². The molecule has 96 valence electrons. The lowest BCUT2D eigenvalue weighted by Gasteiger charge is -2.33. The number of hydrogen-bond donors (Lipinski definition) is 2. The zero-order valence-corrected chi connectivity index (χ0v) is 10.1. The van der Waals surface area contributed by atoms with Crippen molar-refractivity contribution in [2.45, 2.75) is 37.8 Å². The van der Waals surface area contributed by atoms with Gasteiger partial charge in [0.15, 0.2) is 0 Å². The Morgan fingerprint density at radius 2 is 1.78 bits per heavy atom. The summed E-state index contributed by atoms with van der Waals surface area (Å²) in [7, 11) is 0. The van der Waals surface area contributed by atoms with Crippen LogP contribution in [0.2, 0.25) is 0 Å². The summed E-state index contributed by atoms with van der Waals surface area (Å²) >= 11 is 0. The van der Waals surface area contributed by atoms with Crippen LogP contribution < -0.4 is 15.8 Å². The molecule has 0 aromatic heterocycles. The van der Waals surface area contributed by atoms with Gasteiger partial charge in [0.05, 0.1) is 5.69 Å². The first kappa shape index (κ1) is 11.5. The monoisotopic (exact) mass is 249 g/mol. The summed E-state index contributed by atoms with van der Waals surface area (Å²) in [5, 5.41) is 4.49. The third kappa shape index (κ3) is 1.95. The van der Waals surface area contributed by atoms with Crippen LogP contribution in [0.5, 0.6) is 0 Å². The Morgan fingerprint density at radius 1 is 1.11 bits per heavy atom. The molecule has 1 saturated heterocycles. The number of hydrazine groups is 1. The molecule has 0 atom stereocenters. The number of carbonyl (C=O) groups excluding carboxylic acids is 1. The molecule has 2 aliphatic rings. The molecule has 0 bridgehead atoms. The van der Waals surface area contributed by atoms with Gasteiger partial charge in [0.1, 0.15) is 11.5 Å². The fourth-order valence-electron chi connectivity index (χ4n) is 2.72. The standard InChI is InChI=1S/C13H16FN3O/c14-10-4-6-11(7-5-10)17-12(18)15-13(16-17)8-2-1-3-9-13/h4-7,16H,1-3,8-9H2,(H,15,18). The topological polar surface area (TPSA) is 44.4 Å². The van der Waals surface area contributed by atoms with Crippen LogP contribution in [0.4, 0.5) is 14.9 Å². The van der Waals surface area contributed by atoms with Gasteiger partial charge in [-0.05, 0) is 49.9 Å². The number of urea groups is 1. The maximum atomic E-state index is 12.9. The molecule has 1 aliphatic carbocycles. The molecule has 1 spiro atoms. The van der Waals surface area contributed by atoms with Crippen molar-refractivity contribution in [3.63, 3.8) is 0 Å². The van der Waals surface area contributed by atoms with Crippen molar-refractivity contribution in [2.75, 3.05) is 5.01 Å². The summed E-state index contributed by atoms with van der Waals surface area (Å²) in [5.74, 6) is -0.300. The molecule has 5 heteroatoms. The third-order valence-corrected chi connectivity index (χ3v) is 3.67. The first-order valence-corrected chi connectivity index (χ1v) is 6.34. The van der Waals surface area contributed by atoms with E-state index in [-0.39, 0.29) is 17.5 Å². The smallest absolute Gasteiger partial charge is 0.317 e. The van der Waals surface area contributed by atoms with Gasteiger partial charge in [-0.1, -0.05) is 6.42 Å². The molecule has 1 aliphatic heterocycles. The lowest BCUT2D eigenvalue weighted by molar-refractivity contribution is 0.222. The van der Waals surface area contributed by atoms with Crippen LogP contribution in [0.3, 0.4) is 0 Å². The van der Waals surface area contributed by atoms with E-state index in [1.165, 1.54) is 23.6 Å². The largest absolute Gasteiger partial charge is 0.338 e. The van der Waals surface area contributed by atoms with Crippen molar-refractivity contribution in [3.8, 4) is 0 Å². The van der Waals surface area contributed by atoms with E-state index in [1.54, 1.807) is 12.1 Å². The molecule has 2 amide bonds. The van der Waals surface area contributed by atoms with E-state index in [0.29, 0.717) is 5.69 Å². The fraction of sp³-hybridized carbons (Fsp3) is 0.462. The maximum absolute atomic E-state index is 12.9. The second-order valence-corrected chi connectivity index (χ2v) is 5.00. The molecule has 4 nitrogen and oxygen atoms in total. The quantitative estimate of drug-likeness (QED) is 0.803. The molecule has 2 fully saturated rings. The number of rotatable bonds is 1. The van der Waals surface area contributed by atoms with Crippen molar-refractivity contribution < 1.29 is 9.18 Å². The number of halogens is 1. The van der Waals surface area contributed by atoms with Crippen molar-refractivity contribution >= 4 is 11.7 Å². The van der Waals surface area contributed by atoms with Gasteiger partial charge in [-0.2, -0.15) is 0 Å². The van der Waals surface area contributed by atoms with Gasteiger partial charge < -0.3 is 5.32 Å². The summed E-state index contributed by atoms with van der Waals surface area (Å²) in [4.78, 5) is 12.0. The van der Waals surface area contributed by atoms with Gasteiger partial charge >= 0.3 is 6.03 Å². The lowest BCUT2D eigenvalue weighted by atomic mass is 9.90. The van der Waals surface area contributed by atoms with Gasteiger partial charge in [-0.3, -0.25) is 0 Å². The van der Waals surface area contributed by atoms with E-state index < -0.39 is 0 Å². The Morgan fingerprint density at radius 3 is 2.44 bits per heavy atom. The Bertz CT molecular complexity index is 454. The fourth-order valence-corrected chi connectivity index (χ4v) is 2.72. The van der Waals surface area contributed by atoms with Crippen LogP contribution in [0.1, 0.15) is 32.1 Å². The minimum atomic E-state index is -0.302. The molecule has 0 radical (unpaired) electrons. The number of hydrogen-bond acceptors (Lipinski definition) is 2. The van der Waals surface area contributed by atoms with Gasteiger partial charge in [0, 0.05) is 0 Å². The highest BCUT2D eigenvalue weighted by atomic mass is 19.1. The average molecular weight is 249 g/mol. The molecule has 1 aromatic rings. The number of anilines is 1. The summed E-state index contributed by atoms with van der Waals surface area (Å²) in [6, 6.07) is 5.75. The van der Waals surface area contributed by atoms with Crippen molar-refractivity contribution in [1.82, 2.24) is 10.7 Å². The van der Waals surface area contributed by atoms with Crippen LogP contribution in [0, 0.1) is 5.82 Å². The molecule has 1 saturated carbocycles. The molecule has 1 heterocycles. The molecular weight excluding hydrogens is 233 g/mol. The summed E-state index contributed by atoms with van der Waals surface area (Å²) < 4.78 is 12.9. The summed E-state index contributed by atoms with van der Waals surface area (Å²) in [5.41, 5.74) is 3.60. The minimum Gasteiger partial charge on any atom is -0.317 e. The molecule has 0 unspecified atom stereocenters. The third-order valence-electron chi connectivity index (χ3n) is 3.67. The Balaban J connectivity index is 1.82. The highest BCUT2D eigenvalue weighted by Gasteiger charge is 2.43. The van der Waals surface area contributed by atoms with E-state index in [2.05, 4.69) is 10.7 Å². The van der Waals surface area contributed by atoms with Crippen molar-refractivity contribution in [3.05, 3.63) is 30.1 Å². The molecule has 18 heavy (non-hydrogen) atoms.